The highest BCUT2D eigenvalue weighted by Gasteiger charge is 2.24. The second-order valence-electron chi connectivity index (χ2n) is 5.63. The average Bonchev–Trinajstić information content (AvgIpc) is 2.65. The minimum Gasteiger partial charge on any atom is -0.495 e. The molecule has 1 heterocycles. The first-order valence-electron chi connectivity index (χ1n) is 7.88. The molecule has 2 aromatic carbocycles. The largest absolute Gasteiger partial charge is 0.495 e. The van der Waals surface area contributed by atoms with Crippen LogP contribution >= 0.6 is 0 Å². The molecule has 1 aromatic heterocycles. The van der Waals surface area contributed by atoms with Crippen molar-refractivity contribution in [1.29, 1.82) is 0 Å². The van der Waals surface area contributed by atoms with Gasteiger partial charge < -0.3 is 14.8 Å². The lowest BCUT2D eigenvalue weighted by atomic mass is 10.1. The van der Waals surface area contributed by atoms with Crippen molar-refractivity contribution in [1.82, 2.24) is 10.3 Å². The number of hydrogen-bond acceptors (Lipinski definition) is 4. The van der Waals surface area contributed by atoms with Gasteiger partial charge in [0.25, 0.3) is 5.91 Å². The Morgan fingerprint density at radius 2 is 1.81 bits per heavy atom. The zero-order valence-electron chi connectivity index (χ0n) is 14.5. The molecule has 3 rings (SSSR count). The number of amides is 1. The van der Waals surface area contributed by atoms with Gasteiger partial charge in [0.1, 0.15) is 17.1 Å². The van der Waals surface area contributed by atoms with E-state index in [-0.39, 0.29) is 34.6 Å². The van der Waals surface area contributed by atoms with Gasteiger partial charge in [0.05, 0.1) is 19.7 Å². The number of halogens is 3. The molecule has 0 radical (unpaired) electrons. The second kappa shape index (κ2) is 7.53. The Hall–Kier alpha value is -3.29. The number of ether oxygens (including phenoxy) is 2. The summed E-state index contributed by atoms with van der Waals surface area (Å²) in [7, 11) is 2.58. The van der Waals surface area contributed by atoms with Crippen molar-refractivity contribution < 1.29 is 27.4 Å². The normalized spacial score (nSPS) is 10.7. The van der Waals surface area contributed by atoms with Crippen molar-refractivity contribution in [2.24, 2.45) is 0 Å². The van der Waals surface area contributed by atoms with E-state index in [2.05, 4.69) is 10.3 Å². The Kier molecular flexibility index (Phi) is 5.16. The fourth-order valence-corrected chi connectivity index (χ4v) is 2.69. The van der Waals surface area contributed by atoms with E-state index in [0.29, 0.717) is 5.56 Å². The number of pyridine rings is 1. The molecule has 27 heavy (non-hydrogen) atoms. The quantitative estimate of drug-likeness (QED) is 0.739. The smallest absolute Gasteiger partial charge is 0.260 e. The minimum absolute atomic E-state index is 0.00695. The third kappa shape index (κ3) is 3.64. The summed E-state index contributed by atoms with van der Waals surface area (Å²) in [5, 5.41) is 2.73. The van der Waals surface area contributed by atoms with E-state index in [1.165, 1.54) is 32.4 Å². The molecule has 0 aliphatic carbocycles. The Bertz CT molecular complexity index is 1020. The van der Waals surface area contributed by atoms with Gasteiger partial charge in [-0.25, -0.2) is 18.2 Å². The maximum absolute atomic E-state index is 13.7. The number of carbonyl (C=O) groups excluding carboxylic acids is 1. The number of benzene rings is 2. The summed E-state index contributed by atoms with van der Waals surface area (Å²) in [5.41, 5.74) is 0.544. The minimum atomic E-state index is -1.10. The van der Waals surface area contributed by atoms with Crippen LogP contribution in [0.4, 0.5) is 13.2 Å². The van der Waals surface area contributed by atoms with E-state index in [0.717, 1.165) is 12.1 Å². The van der Waals surface area contributed by atoms with Crippen molar-refractivity contribution in [3.8, 4) is 11.6 Å². The van der Waals surface area contributed by atoms with Crippen molar-refractivity contribution in [2.45, 2.75) is 6.54 Å². The van der Waals surface area contributed by atoms with Crippen LogP contribution in [-0.2, 0) is 6.54 Å². The standard InChI is InChI=1S/C19H15F3N2O3/c1-26-17-12-7-13(21)14(22)8-15(12)24-19(27-2)16(17)18(25)23-9-10-4-3-5-11(20)6-10/h3-8H,9H2,1-2H3,(H,23,25). The number of rotatable bonds is 5. The number of fused-ring (bicyclic) bond motifs is 1. The van der Waals surface area contributed by atoms with Gasteiger partial charge in [0, 0.05) is 18.0 Å². The molecule has 0 saturated heterocycles. The van der Waals surface area contributed by atoms with Crippen LogP contribution in [0.25, 0.3) is 10.9 Å². The van der Waals surface area contributed by atoms with Gasteiger partial charge in [0.2, 0.25) is 5.88 Å². The van der Waals surface area contributed by atoms with Crippen LogP contribution in [0, 0.1) is 17.5 Å². The van der Waals surface area contributed by atoms with Gasteiger partial charge >= 0.3 is 0 Å². The lowest BCUT2D eigenvalue weighted by molar-refractivity contribution is 0.0944. The molecule has 0 spiro atoms. The molecule has 1 amide bonds. The molecular formula is C19H15F3N2O3. The third-order valence-corrected chi connectivity index (χ3v) is 3.91. The Morgan fingerprint density at radius 1 is 1.07 bits per heavy atom. The summed E-state index contributed by atoms with van der Waals surface area (Å²) in [6.45, 7) is 0.0404. The fraction of sp³-hybridized carbons (Fsp3) is 0.158. The molecule has 3 aromatic rings. The molecule has 0 unspecified atom stereocenters. The topological polar surface area (TPSA) is 60.5 Å². The van der Waals surface area contributed by atoms with Crippen LogP contribution in [0.1, 0.15) is 15.9 Å². The number of nitrogens with one attached hydrogen (secondary N) is 1. The lowest BCUT2D eigenvalue weighted by Gasteiger charge is -2.15. The van der Waals surface area contributed by atoms with E-state index >= 15 is 0 Å². The molecule has 0 fully saturated rings. The first kappa shape index (κ1) is 18.5. The summed E-state index contributed by atoms with van der Waals surface area (Å²) in [4.78, 5) is 16.7. The monoisotopic (exact) mass is 376 g/mol. The van der Waals surface area contributed by atoms with Gasteiger partial charge in [-0.3, -0.25) is 4.79 Å². The Labute approximate surface area is 152 Å². The van der Waals surface area contributed by atoms with E-state index in [1.807, 2.05) is 0 Å². The maximum Gasteiger partial charge on any atom is 0.260 e. The summed E-state index contributed by atoms with van der Waals surface area (Å²) in [6.07, 6.45) is 0. The van der Waals surface area contributed by atoms with E-state index in [9.17, 15) is 18.0 Å². The third-order valence-electron chi connectivity index (χ3n) is 3.91. The number of carbonyl (C=O) groups is 1. The molecule has 0 aliphatic heterocycles. The summed E-state index contributed by atoms with van der Waals surface area (Å²) >= 11 is 0. The van der Waals surface area contributed by atoms with Crippen LogP contribution in [-0.4, -0.2) is 25.1 Å². The van der Waals surface area contributed by atoms with Gasteiger partial charge in [-0.05, 0) is 23.8 Å². The average molecular weight is 376 g/mol. The fourth-order valence-electron chi connectivity index (χ4n) is 2.69. The molecule has 8 heteroatoms. The van der Waals surface area contributed by atoms with Gasteiger partial charge in [-0.2, -0.15) is 0 Å². The van der Waals surface area contributed by atoms with Gasteiger partial charge in [-0.1, -0.05) is 12.1 Å². The number of aromatic nitrogens is 1. The predicted octanol–water partition coefficient (Wildman–Crippen LogP) is 3.60. The maximum atomic E-state index is 13.7. The molecular weight excluding hydrogens is 361 g/mol. The Balaban J connectivity index is 2.03. The lowest BCUT2D eigenvalue weighted by Crippen LogP contribution is -2.24. The van der Waals surface area contributed by atoms with E-state index in [1.54, 1.807) is 6.07 Å². The predicted molar refractivity (Wildman–Crippen MR) is 92.3 cm³/mol. The SMILES string of the molecule is COc1nc2cc(F)c(F)cc2c(OC)c1C(=O)NCc1cccc(F)c1. The second-order valence-corrected chi connectivity index (χ2v) is 5.63. The summed E-state index contributed by atoms with van der Waals surface area (Å²) in [6, 6.07) is 7.54. The van der Waals surface area contributed by atoms with Crippen LogP contribution in [0.15, 0.2) is 36.4 Å². The molecule has 1 N–H and O–H groups in total. The first-order chi connectivity index (χ1) is 12.9. The van der Waals surface area contributed by atoms with Crippen LogP contribution < -0.4 is 14.8 Å². The number of nitrogens with zero attached hydrogens (tertiary/aromatic N) is 1. The van der Waals surface area contributed by atoms with Crippen molar-refractivity contribution in [3.05, 3.63) is 65.0 Å². The highest BCUT2D eigenvalue weighted by molar-refractivity contribution is 6.04. The zero-order valence-corrected chi connectivity index (χ0v) is 14.5. The number of methoxy groups -OCH3 is 2. The number of hydrogen-bond donors (Lipinski definition) is 1. The van der Waals surface area contributed by atoms with Crippen LogP contribution in [0.2, 0.25) is 0 Å². The summed E-state index contributed by atoms with van der Waals surface area (Å²) < 4.78 is 50.8. The highest BCUT2D eigenvalue weighted by Crippen LogP contribution is 2.35. The Morgan fingerprint density at radius 3 is 2.48 bits per heavy atom. The van der Waals surface area contributed by atoms with Gasteiger partial charge in [0.15, 0.2) is 11.6 Å². The molecule has 0 aliphatic rings. The van der Waals surface area contributed by atoms with Crippen LogP contribution in [0.3, 0.4) is 0 Å². The van der Waals surface area contributed by atoms with Crippen molar-refractivity contribution >= 4 is 16.8 Å². The van der Waals surface area contributed by atoms with Crippen molar-refractivity contribution in [3.63, 3.8) is 0 Å². The molecule has 0 bridgehead atoms. The van der Waals surface area contributed by atoms with Gasteiger partial charge in [-0.15, -0.1) is 0 Å². The van der Waals surface area contributed by atoms with E-state index in [4.69, 9.17) is 9.47 Å². The first-order valence-corrected chi connectivity index (χ1v) is 7.88. The molecule has 0 saturated carbocycles. The summed E-state index contributed by atoms with van der Waals surface area (Å²) in [5.74, 6) is -3.34. The van der Waals surface area contributed by atoms with Crippen molar-refractivity contribution in [2.75, 3.05) is 14.2 Å². The zero-order chi connectivity index (χ0) is 19.6. The molecule has 0 atom stereocenters. The van der Waals surface area contributed by atoms with E-state index < -0.39 is 23.4 Å². The molecule has 140 valence electrons. The molecule has 5 nitrogen and oxygen atoms in total. The van der Waals surface area contributed by atoms with Crippen LogP contribution in [0.5, 0.6) is 11.6 Å². The highest BCUT2D eigenvalue weighted by atomic mass is 19.2.